The predicted molar refractivity (Wildman–Crippen MR) is 146 cm³/mol. The van der Waals surface area contributed by atoms with E-state index in [1.807, 2.05) is 0 Å². The molecular weight excluding hydrogens is 580 g/mol. The monoisotopic (exact) mass is 606 g/mol. The van der Waals surface area contributed by atoms with Gasteiger partial charge in [-0.2, -0.15) is 9.36 Å². The summed E-state index contributed by atoms with van der Waals surface area (Å²) < 4.78 is 14.4. The molecule has 218 valence electrons. The predicted octanol–water partition coefficient (Wildman–Crippen LogP) is 0.103. The number of ether oxygens (including phenoxy) is 2. The third-order valence-electron chi connectivity index (χ3n) is 5.98. The zero-order chi connectivity index (χ0) is 29.9. The number of rotatable bonds is 11. The molecule has 41 heavy (non-hydrogen) atoms. The molecule has 2 aliphatic rings. The van der Waals surface area contributed by atoms with Crippen LogP contribution >= 0.6 is 23.3 Å². The van der Waals surface area contributed by atoms with Gasteiger partial charge in [-0.15, -0.1) is 11.8 Å². The van der Waals surface area contributed by atoms with Crippen LogP contribution < -0.4 is 15.8 Å². The zero-order valence-corrected chi connectivity index (χ0v) is 23.7. The molecule has 1 aromatic carbocycles. The quantitative estimate of drug-likeness (QED) is 0.116. The SMILES string of the molecule is COc1ccc(COC(=O)C(C)(C)O/N=C(\C(=O)N[C@@H]2C(=O)N3C(C(=O)O)=C(CO)CS[C@H]23)c2nsc(N)n2)cc1. The Morgan fingerprint density at radius 1 is 1.27 bits per heavy atom. The number of nitrogens with one attached hydrogen (secondary N) is 1. The molecule has 2 aromatic rings. The average Bonchev–Trinajstić information content (AvgIpc) is 3.39. The number of carbonyl (C=O) groups is 4. The van der Waals surface area contributed by atoms with E-state index < -0.39 is 53.1 Å². The number of carboxylic acid groups (broad SMARTS) is 1. The van der Waals surface area contributed by atoms with E-state index in [0.717, 1.165) is 16.4 Å². The number of carboxylic acids is 1. The van der Waals surface area contributed by atoms with Gasteiger partial charge in [-0.05, 0) is 37.1 Å². The van der Waals surface area contributed by atoms with E-state index in [4.69, 9.17) is 20.0 Å². The van der Waals surface area contributed by atoms with E-state index in [2.05, 4.69) is 19.8 Å². The Hall–Kier alpha value is -4.22. The van der Waals surface area contributed by atoms with Crippen LogP contribution in [0.25, 0.3) is 0 Å². The number of benzene rings is 1. The first-order valence-electron chi connectivity index (χ1n) is 11.9. The van der Waals surface area contributed by atoms with E-state index in [9.17, 15) is 29.4 Å². The third kappa shape index (κ3) is 6.26. The van der Waals surface area contributed by atoms with Gasteiger partial charge in [0.25, 0.3) is 11.8 Å². The number of amides is 2. The molecule has 1 fully saturated rings. The minimum atomic E-state index is -1.65. The Kier molecular flexibility index (Phi) is 8.79. The average molecular weight is 607 g/mol. The number of hydrogen-bond acceptors (Lipinski definition) is 14. The number of aromatic nitrogens is 2. The molecule has 3 heterocycles. The topological polar surface area (TPSA) is 216 Å². The molecule has 4 rings (SSSR count). The smallest absolute Gasteiger partial charge is 0.353 e. The highest BCUT2D eigenvalue weighted by Crippen LogP contribution is 2.40. The molecule has 0 unspecified atom stereocenters. The lowest BCUT2D eigenvalue weighted by Gasteiger charge is -2.49. The largest absolute Gasteiger partial charge is 0.497 e. The van der Waals surface area contributed by atoms with Gasteiger partial charge in [0.15, 0.2) is 5.13 Å². The number of oxime groups is 1. The third-order valence-corrected chi connectivity index (χ3v) is 7.86. The van der Waals surface area contributed by atoms with Crippen molar-refractivity contribution in [2.24, 2.45) is 5.16 Å². The Morgan fingerprint density at radius 3 is 2.56 bits per heavy atom. The lowest BCUT2D eigenvalue weighted by molar-refractivity contribution is -0.169. The van der Waals surface area contributed by atoms with Crippen molar-refractivity contribution < 1.29 is 43.7 Å². The number of aliphatic carboxylic acids is 1. The van der Waals surface area contributed by atoms with Crippen LogP contribution in [-0.4, -0.2) is 90.4 Å². The van der Waals surface area contributed by atoms with E-state index in [1.54, 1.807) is 24.3 Å². The molecule has 0 saturated carbocycles. The van der Waals surface area contributed by atoms with Crippen molar-refractivity contribution in [2.75, 3.05) is 25.2 Å². The van der Waals surface area contributed by atoms with Crippen LogP contribution in [0.2, 0.25) is 0 Å². The van der Waals surface area contributed by atoms with Crippen LogP contribution in [0, 0.1) is 0 Å². The van der Waals surface area contributed by atoms with Crippen LogP contribution in [0.4, 0.5) is 5.13 Å². The van der Waals surface area contributed by atoms with Crippen LogP contribution in [0.5, 0.6) is 5.75 Å². The summed E-state index contributed by atoms with van der Waals surface area (Å²) in [5, 5.41) is 24.7. The fourth-order valence-corrected chi connectivity index (χ4v) is 5.54. The van der Waals surface area contributed by atoms with Gasteiger partial charge in [-0.1, -0.05) is 17.3 Å². The van der Waals surface area contributed by atoms with Crippen molar-refractivity contribution in [1.29, 1.82) is 0 Å². The van der Waals surface area contributed by atoms with Crippen LogP contribution in [0.3, 0.4) is 0 Å². The molecule has 0 radical (unpaired) electrons. The van der Waals surface area contributed by atoms with Gasteiger partial charge in [-0.3, -0.25) is 14.5 Å². The number of fused-ring (bicyclic) bond motifs is 1. The first-order valence-corrected chi connectivity index (χ1v) is 13.8. The number of anilines is 1. The number of esters is 1. The number of aliphatic hydroxyl groups excluding tert-OH is 1. The highest BCUT2D eigenvalue weighted by atomic mass is 32.2. The summed E-state index contributed by atoms with van der Waals surface area (Å²) in [4.78, 5) is 60.9. The second kappa shape index (κ2) is 12.1. The number of nitrogens with zero attached hydrogens (tertiary/aromatic N) is 4. The van der Waals surface area contributed by atoms with Gasteiger partial charge >= 0.3 is 11.9 Å². The summed E-state index contributed by atoms with van der Waals surface area (Å²) in [5.41, 5.74) is 4.13. The molecule has 0 spiro atoms. The highest BCUT2D eigenvalue weighted by Gasteiger charge is 2.54. The van der Waals surface area contributed by atoms with Gasteiger partial charge in [0.2, 0.25) is 17.1 Å². The maximum atomic E-state index is 13.2. The summed E-state index contributed by atoms with van der Waals surface area (Å²) in [5.74, 6) is -3.16. The van der Waals surface area contributed by atoms with Gasteiger partial charge < -0.3 is 35.6 Å². The highest BCUT2D eigenvalue weighted by molar-refractivity contribution is 8.00. The zero-order valence-electron chi connectivity index (χ0n) is 22.0. The molecule has 0 bridgehead atoms. The van der Waals surface area contributed by atoms with Crippen LogP contribution in [0.15, 0.2) is 40.7 Å². The van der Waals surface area contributed by atoms with Crippen LogP contribution in [-0.2, 0) is 35.4 Å². The number of methoxy groups -OCH3 is 1. The van der Waals surface area contributed by atoms with Crippen molar-refractivity contribution >= 4 is 57.9 Å². The Balaban J connectivity index is 1.47. The molecule has 2 amide bonds. The number of β-lactam (4-membered cyclic amide) rings is 1. The lowest BCUT2D eigenvalue weighted by Crippen LogP contribution is -2.71. The van der Waals surface area contributed by atoms with Gasteiger partial charge in [0.05, 0.1) is 13.7 Å². The Bertz CT molecular complexity index is 1420. The minimum absolute atomic E-state index is 0.0279. The molecule has 5 N–H and O–H groups in total. The first kappa shape index (κ1) is 29.8. The van der Waals surface area contributed by atoms with E-state index in [-0.39, 0.29) is 34.6 Å². The molecule has 15 nitrogen and oxygen atoms in total. The fraction of sp³-hybridized carbons (Fsp3) is 0.375. The maximum Gasteiger partial charge on any atom is 0.353 e. The number of carbonyl (C=O) groups excluding carboxylic acids is 3. The Labute approximate surface area is 241 Å². The van der Waals surface area contributed by atoms with Crippen molar-refractivity contribution in [1.82, 2.24) is 19.6 Å². The lowest BCUT2D eigenvalue weighted by atomic mass is 10.0. The van der Waals surface area contributed by atoms with Crippen molar-refractivity contribution in [2.45, 2.75) is 37.5 Å². The normalized spacial score (nSPS) is 18.8. The molecule has 2 aliphatic heterocycles. The van der Waals surface area contributed by atoms with E-state index in [0.29, 0.717) is 11.3 Å². The molecule has 0 aliphatic carbocycles. The van der Waals surface area contributed by atoms with Crippen LogP contribution in [0.1, 0.15) is 25.2 Å². The molecule has 1 saturated heterocycles. The number of nitrogens with two attached hydrogens (primary N) is 1. The summed E-state index contributed by atoms with van der Waals surface area (Å²) >= 11 is 1.97. The summed E-state index contributed by atoms with van der Waals surface area (Å²) in [6.07, 6.45) is 0. The molecule has 17 heteroatoms. The number of nitrogen functional groups attached to an aromatic ring is 1. The van der Waals surface area contributed by atoms with Crippen molar-refractivity contribution in [3.8, 4) is 5.75 Å². The van der Waals surface area contributed by atoms with E-state index in [1.165, 1.54) is 32.7 Å². The summed E-state index contributed by atoms with van der Waals surface area (Å²) in [6.45, 7) is 2.19. The van der Waals surface area contributed by atoms with Gasteiger partial charge in [0, 0.05) is 17.3 Å². The molecule has 2 atom stereocenters. The number of aliphatic hydroxyl groups is 1. The summed E-state index contributed by atoms with van der Waals surface area (Å²) in [7, 11) is 1.53. The van der Waals surface area contributed by atoms with Gasteiger partial charge in [0.1, 0.15) is 29.5 Å². The maximum absolute atomic E-state index is 13.2. The van der Waals surface area contributed by atoms with Crippen molar-refractivity contribution in [3.63, 3.8) is 0 Å². The molecule has 1 aromatic heterocycles. The Morgan fingerprint density at radius 2 is 1.98 bits per heavy atom. The fourth-order valence-electron chi connectivity index (χ4n) is 3.77. The molecular formula is C24H26N6O9S2. The second-order valence-electron chi connectivity index (χ2n) is 9.20. The summed E-state index contributed by atoms with van der Waals surface area (Å²) in [6, 6.07) is 5.78. The number of hydrogen-bond donors (Lipinski definition) is 4. The minimum Gasteiger partial charge on any atom is -0.497 e. The number of thioether (sulfide) groups is 1. The second-order valence-corrected chi connectivity index (χ2v) is 11.1. The van der Waals surface area contributed by atoms with Gasteiger partial charge in [-0.25, -0.2) is 9.59 Å². The van der Waals surface area contributed by atoms with E-state index >= 15 is 0 Å². The van der Waals surface area contributed by atoms with Crippen molar-refractivity contribution in [3.05, 3.63) is 46.9 Å². The standard InChI is InChI=1S/C24H26N6O9S2/c1-24(2,22(36)38-9-11-4-6-13(37-3)7-5-11)39-28-14(17-27-23(25)41-29-17)18(32)26-15-19(33)30-16(21(34)35)12(8-31)10-40-20(15)30/h4-7,15,20,31H,8-10H2,1-3H3,(H,26,32)(H,34,35)(H2,25,27,29)/b28-14-/t15-,20-/m1/s1. The first-order chi connectivity index (χ1) is 19.5.